The molecule has 0 radical (unpaired) electrons. The van der Waals surface area contributed by atoms with Gasteiger partial charge in [0.1, 0.15) is 5.69 Å². The highest BCUT2D eigenvalue weighted by Crippen LogP contribution is 2.21. The second-order valence-electron chi connectivity index (χ2n) is 4.88. The third kappa shape index (κ3) is 6.10. The Hall–Kier alpha value is -2.14. The summed E-state index contributed by atoms with van der Waals surface area (Å²) in [6.07, 6.45) is 0.579. The molecular formula is C17H25NO4. The molecule has 1 rings (SSSR count). The SMILES string of the molecule is C/C(=C/C(=O)O)C(=O)[O-].CC[N+](CC)(CC)c1ccccc1. The number of nitrogens with zero attached hydrogens (tertiary/aromatic N) is 1. The number of carboxylic acid groups (broad SMARTS) is 2. The van der Waals surface area contributed by atoms with E-state index in [1.54, 1.807) is 0 Å². The molecule has 122 valence electrons. The second-order valence-corrected chi connectivity index (χ2v) is 4.88. The Morgan fingerprint density at radius 1 is 1.09 bits per heavy atom. The molecule has 0 amide bonds. The van der Waals surface area contributed by atoms with Gasteiger partial charge in [0.05, 0.1) is 25.6 Å². The van der Waals surface area contributed by atoms with Gasteiger partial charge >= 0.3 is 5.97 Å². The van der Waals surface area contributed by atoms with Crippen LogP contribution in [0.3, 0.4) is 0 Å². The van der Waals surface area contributed by atoms with Crippen molar-refractivity contribution >= 4 is 17.6 Å². The number of carbonyl (C=O) groups excluding carboxylic acids is 1. The Morgan fingerprint density at radius 3 is 1.82 bits per heavy atom. The summed E-state index contributed by atoms with van der Waals surface area (Å²) in [6.45, 7) is 11.5. The third-order valence-corrected chi connectivity index (χ3v) is 3.78. The van der Waals surface area contributed by atoms with Gasteiger partial charge in [-0.25, -0.2) is 4.79 Å². The van der Waals surface area contributed by atoms with E-state index in [0.717, 1.165) is 11.4 Å². The summed E-state index contributed by atoms with van der Waals surface area (Å²) in [4.78, 5) is 19.5. The number of quaternary nitrogens is 1. The fraction of sp³-hybridized carbons (Fsp3) is 0.412. The van der Waals surface area contributed by atoms with Crippen molar-refractivity contribution in [1.82, 2.24) is 4.48 Å². The smallest absolute Gasteiger partial charge is 0.328 e. The Morgan fingerprint density at radius 2 is 1.55 bits per heavy atom. The second kappa shape index (κ2) is 9.73. The molecule has 0 unspecified atom stereocenters. The zero-order chi connectivity index (χ0) is 17.2. The summed E-state index contributed by atoms with van der Waals surface area (Å²) in [5, 5.41) is 17.8. The van der Waals surface area contributed by atoms with Gasteiger partial charge in [0.25, 0.3) is 0 Å². The number of carboxylic acids is 2. The highest BCUT2D eigenvalue weighted by Gasteiger charge is 2.23. The lowest BCUT2D eigenvalue weighted by molar-refractivity contribution is -0.299. The number of para-hydroxylation sites is 1. The van der Waals surface area contributed by atoms with Crippen molar-refractivity contribution in [2.45, 2.75) is 27.7 Å². The molecule has 0 aliphatic rings. The normalized spacial score (nSPS) is 11.4. The third-order valence-electron chi connectivity index (χ3n) is 3.78. The number of hydrogen-bond acceptors (Lipinski definition) is 3. The first-order valence-corrected chi connectivity index (χ1v) is 7.37. The van der Waals surface area contributed by atoms with Crippen LogP contribution in [0.15, 0.2) is 42.0 Å². The fourth-order valence-electron chi connectivity index (χ4n) is 2.21. The van der Waals surface area contributed by atoms with Crippen LogP contribution in [0, 0.1) is 0 Å². The molecule has 0 aliphatic heterocycles. The first-order chi connectivity index (χ1) is 10.3. The molecule has 0 heterocycles. The lowest BCUT2D eigenvalue weighted by Gasteiger charge is -2.35. The van der Waals surface area contributed by atoms with Crippen LogP contribution in [0.25, 0.3) is 0 Å². The van der Waals surface area contributed by atoms with Crippen LogP contribution in [-0.4, -0.2) is 36.7 Å². The molecule has 0 saturated carbocycles. The molecule has 0 aliphatic carbocycles. The molecule has 0 aromatic heterocycles. The Kier molecular flexibility index (Phi) is 8.79. The molecule has 1 aromatic carbocycles. The van der Waals surface area contributed by atoms with Crippen molar-refractivity contribution in [1.29, 1.82) is 0 Å². The van der Waals surface area contributed by atoms with E-state index >= 15 is 0 Å². The van der Waals surface area contributed by atoms with Gasteiger partial charge in [-0.3, -0.25) is 4.48 Å². The fourth-order valence-corrected chi connectivity index (χ4v) is 2.21. The van der Waals surface area contributed by atoms with E-state index < -0.39 is 11.9 Å². The van der Waals surface area contributed by atoms with E-state index in [1.165, 1.54) is 25.3 Å². The predicted molar refractivity (Wildman–Crippen MR) is 86.3 cm³/mol. The summed E-state index contributed by atoms with van der Waals surface area (Å²) >= 11 is 0. The van der Waals surface area contributed by atoms with Crippen LogP contribution < -0.4 is 9.59 Å². The molecule has 1 aromatic rings. The standard InChI is InChI=1S/C12H20N.C5H6O4/c1-4-13(5-2,6-3)12-10-8-7-9-11-12;1-3(5(8)9)2-4(6)7/h7-11H,4-6H2,1-3H3;2H,1H3,(H,6,7)(H,8,9)/q+1;/p-1/b;3-2-. The zero-order valence-electron chi connectivity index (χ0n) is 13.7. The molecule has 0 saturated heterocycles. The molecule has 0 fully saturated rings. The molecule has 1 N–H and O–H groups in total. The van der Waals surface area contributed by atoms with E-state index in [0.29, 0.717) is 6.08 Å². The van der Waals surface area contributed by atoms with Gasteiger partial charge < -0.3 is 15.0 Å². The van der Waals surface area contributed by atoms with Crippen molar-refractivity contribution < 1.29 is 19.8 Å². The minimum atomic E-state index is -1.46. The maximum atomic E-state index is 9.79. The maximum absolute atomic E-state index is 9.79. The first kappa shape index (κ1) is 19.9. The molecule has 22 heavy (non-hydrogen) atoms. The molecular weight excluding hydrogens is 282 g/mol. The van der Waals surface area contributed by atoms with Gasteiger partial charge in [-0.2, -0.15) is 0 Å². The van der Waals surface area contributed by atoms with Crippen LogP contribution in [0.1, 0.15) is 27.7 Å². The number of benzene rings is 1. The molecule has 5 nitrogen and oxygen atoms in total. The van der Waals surface area contributed by atoms with Gasteiger partial charge in [-0.15, -0.1) is 0 Å². The van der Waals surface area contributed by atoms with Gasteiger partial charge in [0, 0.05) is 6.08 Å². The summed E-state index contributed by atoms with van der Waals surface area (Å²) in [7, 11) is 0. The van der Waals surface area contributed by atoms with E-state index in [-0.39, 0.29) is 5.57 Å². The Balaban J connectivity index is 0.000000433. The molecule has 0 bridgehead atoms. The summed E-state index contributed by atoms with van der Waals surface area (Å²) in [5.41, 5.74) is 1.15. The number of hydrogen-bond donors (Lipinski definition) is 1. The summed E-state index contributed by atoms with van der Waals surface area (Å²) in [6, 6.07) is 10.8. The van der Waals surface area contributed by atoms with Crippen LogP contribution in [-0.2, 0) is 9.59 Å². The van der Waals surface area contributed by atoms with Crippen molar-refractivity contribution in [3.8, 4) is 0 Å². The van der Waals surface area contributed by atoms with Gasteiger partial charge in [-0.05, 0) is 45.4 Å². The van der Waals surface area contributed by atoms with E-state index in [2.05, 4.69) is 51.1 Å². The predicted octanol–water partition coefficient (Wildman–Crippen LogP) is 1.82. The lowest BCUT2D eigenvalue weighted by Crippen LogP contribution is -2.48. The number of rotatable bonds is 6. The average Bonchev–Trinajstić information content (AvgIpc) is 2.50. The molecule has 5 heteroatoms. The topological polar surface area (TPSA) is 77.4 Å². The van der Waals surface area contributed by atoms with Gasteiger partial charge in [-0.1, -0.05) is 18.2 Å². The highest BCUT2D eigenvalue weighted by atomic mass is 16.4. The van der Waals surface area contributed by atoms with Crippen LogP contribution in [0.2, 0.25) is 0 Å². The maximum Gasteiger partial charge on any atom is 0.328 e. The number of aliphatic carboxylic acids is 2. The van der Waals surface area contributed by atoms with Crippen molar-refractivity contribution in [2.24, 2.45) is 0 Å². The number of carbonyl (C=O) groups is 2. The first-order valence-electron chi connectivity index (χ1n) is 7.37. The van der Waals surface area contributed by atoms with Crippen LogP contribution in [0.5, 0.6) is 0 Å². The minimum absolute atomic E-state index is 0.289. The highest BCUT2D eigenvalue weighted by molar-refractivity contribution is 5.92. The Bertz CT molecular complexity index is 496. The van der Waals surface area contributed by atoms with Gasteiger partial charge in [0.2, 0.25) is 0 Å². The average molecular weight is 307 g/mol. The quantitative estimate of drug-likeness (QED) is 0.642. The van der Waals surface area contributed by atoms with E-state index in [1.807, 2.05) is 0 Å². The zero-order valence-corrected chi connectivity index (χ0v) is 13.7. The monoisotopic (exact) mass is 307 g/mol. The van der Waals surface area contributed by atoms with Crippen LogP contribution >= 0.6 is 0 Å². The van der Waals surface area contributed by atoms with Crippen molar-refractivity contribution in [2.75, 3.05) is 19.6 Å². The van der Waals surface area contributed by atoms with Crippen LogP contribution in [0.4, 0.5) is 5.69 Å². The van der Waals surface area contributed by atoms with Crippen molar-refractivity contribution in [3.63, 3.8) is 0 Å². The minimum Gasteiger partial charge on any atom is -0.545 e. The van der Waals surface area contributed by atoms with E-state index in [9.17, 15) is 14.7 Å². The summed E-state index contributed by atoms with van der Waals surface area (Å²) < 4.78 is 1.10. The molecule has 0 spiro atoms. The Labute approximate surface area is 132 Å². The van der Waals surface area contributed by atoms with Gasteiger partial charge in [0.15, 0.2) is 0 Å². The van der Waals surface area contributed by atoms with E-state index in [4.69, 9.17) is 5.11 Å². The summed E-state index contributed by atoms with van der Waals surface area (Å²) in [5.74, 6) is -2.74. The largest absolute Gasteiger partial charge is 0.545 e. The molecule has 0 atom stereocenters. The lowest BCUT2D eigenvalue weighted by atomic mass is 10.2. The van der Waals surface area contributed by atoms with Crippen molar-refractivity contribution in [3.05, 3.63) is 42.0 Å².